The molecule has 1 N–H and O–H groups in total. The van der Waals surface area contributed by atoms with Crippen LogP contribution in [0.1, 0.15) is 84.5 Å². The molecule has 1 aliphatic carbocycles. The molecular formula is C16H30N3+. The third kappa shape index (κ3) is 3.01. The van der Waals surface area contributed by atoms with Gasteiger partial charge in [0.25, 0.3) is 0 Å². The fourth-order valence-corrected chi connectivity index (χ4v) is 3.20. The zero-order valence-corrected chi connectivity index (χ0v) is 13.5. The lowest BCUT2D eigenvalue weighted by Gasteiger charge is -2.31. The van der Waals surface area contributed by atoms with E-state index in [2.05, 4.69) is 56.5 Å². The van der Waals surface area contributed by atoms with Gasteiger partial charge in [-0.1, -0.05) is 38.8 Å². The number of hydrogen-bond acceptors (Lipinski definition) is 1. The van der Waals surface area contributed by atoms with Crippen molar-refractivity contribution in [2.45, 2.75) is 85.1 Å². The lowest BCUT2D eigenvalue weighted by Crippen LogP contribution is -2.56. The third-order valence-corrected chi connectivity index (χ3v) is 4.27. The number of hydrogen-bond donors (Lipinski definition) is 1. The van der Waals surface area contributed by atoms with Gasteiger partial charge in [-0.05, 0) is 39.0 Å². The van der Waals surface area contributed by atoms with E-state index < -0.39 is 0 Å². The largest absolute Gasteiger partial charge is 0.221 e. The number of aromatic amines is 1. The van der Waals surface area contributed by atoms with Crippen molar-refractivity contribution in [3.8, 4) is 0 Å². The number of rotatable bonds is 0. The first-order chi connectivity index (χ1) is 8.71. The van der Waals surface area contributed by atoms with Gasteiger partial charge in [-0.2, -0.15) is 4.68 Å². The molecule has 0 saturated heterocycles. The van der Waals surface area contributed by atoms with Crippen molar-refractivity contribution in [3.05, 3.63) is 11.4 Å². The minimum absolute atomic E-state index is 0.0727. The lowest BCUT2D eigenvalue weighted by atomic mass is 9.73. The van der Waals surface area contributed by atoms with Crippen LogP contribution in [0.2, 0.25) is 0 Å². The molecule has 0 aliphatic heterocycles. The van der Waals surface area contributed by atoms with Crippen LogP contribution in [0.4, 0.5) is 0 Å². The van der Waals surface area contributed by atoms with Gasteiger partial charge < -0.3 is 0 Å². The molecule has 3 nitrogen and oxygen atoms in total. The second-order valence-corrected chi connectivity index (χ2v) is 8.07. The van der Waals surface area contributed by atoms with Crippen LogP contribution in [-0.4, -0.2) is 10.3 Å². The first-order valence-corrected chi connectivity index (χ1v) is 7.71. The van der Waals surface area contributed by atoms with Gasteiger partial charge in [-0.15, -0.1) is 0 Å². The van der Waals surface area contributed by atoms with E-state index in [1.165, 1.54) is 37.1 Å². The Morgan fingerprint density at radius 1 is 1.05 bits per heavy atom. The van der Waals surface area contributed by atoms with E-state index in [0.29, 0.717) is 11.3 Å². The fraction of sp³-hybridized carbons (Fsp3) is 0.875. The average molecular weight is 264 g/mol. The number of H-pyrrole nitrogens is 1. The minimum atomic E-state index is 0.0727. The molecule has 1 unspecified atom stereocenters. The van der Waals surface area contributed by atoms with E-state index in [-0.39, 0.29) is 5.54 Å². The van der Waals surface area contributed by atoms with E-state index in [0.717, 1.165) is 6.42 Å². The van der Waals surface area contributed by atoms with Crippen LogP contribution < -0.4 is 4.68 Å². The number of aromatic nitrogens is 3. The molecule has 2 rings (SSSR count). The molecule has 1 heterocycles. The second kappa shape index (κ2) is 4.92. The summed E-state index contributed by atoms with van der Waals surface area (Å²) in [6, 6.07) is 0. The molecule has 1 aliphatic rings. The molecule has 1 aromatic heterocycles. The maximum absolute atomic E-state index is 4.63. The van der Waals surface area contributed by atoms with Crippen molar-refractivity contribution in [3.63, 3.8) is 0 Å². The van der Waals surface area contributed by atoms with E-state index in [4.69, 9.17) is 0 Å². The summed E-state index contributed by atoms with van der Waals surface area (Å²) in [4.78, 5) is 0. The molecule has 0 saturated carbocycles. The van der Waals surface area contributed by atoms with Crippen molar-refractivity contribution in [2.75, 3.05) is 0 Å². The maximum atomic E-state index is 4.63. The minimum Gasteiger partial charge on any atom is -0.154 e. The summed E-state index contributed by atoms with van der Waals surface area (Å²) in [7, 11) is 0. The Balaban J connectivity index is 2.54. The molecule has 0 radical (unpaired) electrons. The SMILES string of the molecule is CC(C)(C)C1CCCCCc2n[nH][n+](C(C)(C)C)c21. The molecule has 0 amide bonds. The standard InChI is InChI=1S/C16H29N3/c1-15(2,3)12-10-8-7-9-11-13-14(12)19(18-17-13)16(4,5)6/h12H,7-11H2,1-6H3/p+1. The quantitative estimate of drug-likeness (QED) is 0.712. The Bertz CT molecular complexity index is 432. The molecule has 0 aromatic carbocycles. The van der Waals surface area contributed by atoms with Gasteiger partial charge in [0.2, 0.25) is 5.69 Å². The lowest BCUT2D eigenvalue weighted by molar-refractivity contribution is -0.812. The van der Waals surface area contributed by atoms with Crippen molar-refractivity contribution >= 4 is 0 Å². The van der Waals surface area contributed by atoms with E-state index in [9.17, 15) is 0 Å². The van der Waals surface area contributed by atoms with Gasteiger partial charge in [0.1, 0.15) is 5.54 Å². The van der Waals surface area contributed by atoms with Crippen LogP contribution in [0.3, 0.4) is 0 Å². The average Bonchev–Trinajstić information content (AvgIpc) is 2.58. The van der Waals surface area contributed by atoms with Crippen LogP contribution in [0.15, 0.2) is 0 Å². The molecule has 108 valence electrons. The van der Waals surface area contributed by atoms with Crippen LogP contribution in [0.5, 0.6) is 0 Å². The van der Waals surface area contributed by atoms with E-state index >= 15 is 0 Å². The Morgan fingerprint density at radius 3 is 2.32 bits per heavy atom. The Hall–Kier alpha value is -0.860. The zero-order valence-electron chi connectivity index (χ0n) is 13.5. The first kappa shape index (κ1) is 14.5. The molecule has 0 bridgehead atoms. The zero-order chi connectivity index (χ0) is 14.3. The van der Waals surface area contributed by atoms with Crippen molar-refractivity contribution in [1.29, 1.82) is 0 Å². The topological polar surface area (TPSA) is 32.6 Å². The number of nitrogens with one attached hydrogen (secondary N) is 1. The van der Waals surface area contributed by atoms with Crippen LogP contribution >= 0.6 is 0 Å². The molecular weight excluding hydrogens is 234 g/mol. The fourth-order valence-electron chi connectivity index (χ4n) is 3.20. The van der Waals surface area contributed by atoms with Gasteiger partial charge in [0, 0.05) is 17.4 Å². The highest BCUT2D eigenvalue weighted by Crippen LogP contribution is 2.40. The van der Waals surface area contributed by atoms with Gasteiger partial charge >= 0.3 is 0 Å². The first-order valence-electron chi connectivity index (χ1n) is 7.71. The Kier molecular flexibility index (Phi) is 3.76. The summed E-state index contributed by atoms with van der Waals surface area (Å²) >= 11 is 0. The molecule has 0 fully saturated rings. The van der Waals surface area contributed by atoms with E-state index in [1.807, 2.05) is 0 Å². The summed E-state index contributed by atoms with van der Waals surface area (Å²) in [6.45, 7) is 13.9. The summed E-state index contributed by atoms with van der Waals surface area (Å²) < 4.78 is 2.31. The normalized spacial score (nSPS) is 21.7. The van der Waals surface area contributed by atoms with Crippen molar-refractivity contribution < 1.29 is 4.68 Å². The number of nitrogens with zero attached hydrogens (tertiary/aromatic N) is 2. The van der Waals surface area contributed by atoms with Gasteiger partial charge in [-0.3, -0.25) is 0 Å². The monoisotopic (exact) mass is 264 g/mol. The highest BCUT2D eigenvalue weighted by molar-refractivity contribution is 5.14. The van der Waals surface area contributed by atoms with E-state index in [1.54, 1.807) is 0 Å². The Morgan fingerprint density at radius 2 is 1.74 bits per heavy atom. The summed E-state index contributed by atoms with van der Waals surface area (Å²) in [5, 5.41) is 7.91. The van der Waals surface area contributed by atoms with Crippen LogP contribution in [-0.2, 0) is 12.0 Å². The van der Waals surface area contributed by atoms with Crippen LogP contribution in [0.25, 0.3) is 0 Å². The highest BCUT2D eigenvalue weighted by Gasteiger charge is 2.40. The third-order valence-electron chi connectivity index (χ3n) is 4.27. The van der Waals surface area contributed by atoms with Crippen LogP contribution in [0, 0.1) is 5.41 Å². The molecule has 1 aromatic rings. The number of fused-ring (bicyclic) bond motifs is 1. The Labute approximate surface area is 117 Å². The van der Waals surface area contributed by atoms with Gasteiger partial charge in [-0.25, -0.2) is 0 Å². The smallest absolute Gasteiger partial charge is 0.154 e. The summed E-state index contributed by atoms with van der Waals surface area (Å²) in [5.41, 5.74) is 3.13. The summed E-state index contributed by atoms with van der Waals surface area (Å²) in [5.74, 6) is 0.598. The molecule has 1 atom stereocenters. The maximum Gasteiger partial charge on any atom is 0.221 e. The number of aryl methyl sites for hydroxylation is 1. The molecule has 3 heteroatoms. The summed E-state index contributed by atoms with van der Waals surface area (Å²) in [6.07, 6.45) is 6.37. The molecule has 19 heavy (non-hydrogen) atoms. The van der Waals surface area contributed by atoms with Gasteiger partial charge in [0.05, 0.1) is 0 Å². The molecule has 0 spiro atoms. The predicted octanol–water partition coefficient (Wildman–Crippen LogP) is 3.70. The highest BCUT2D eigenvalue weighted by atomic mass is 15.5. The van der Waals surface area contributed by atoms with Crippen molar-refractivity contribution in [2.24, 2.45) is 5.41 Å². The predicted molar refractivity (Wildman–Crippen MR) is 78.1 cm³/mol. The van der Waals surface area contributed by atoms with Gasteiger partial charge in [0.15, 0.2) is 5.69 Å². The van der Waals surface area contributed by atoms with Crippen molar-refractivity contribution in [1.82, 2.24) is 10.3 Å². The second-order valence-electron chi connectivity index (χ2n) is 8.07.